The van der Waals surface area contributed by atoms with Crippen molar-refractivity contribution in [2.24, 2.45) is 5.16 Å². The molecule has 0 atom stereocenters. The van der Waals surface area contributed by atoms with E-state index >= 15 is 0 Å². The molecule has 0 aliphatic heterocycles. The third-order valence-corrected chi connectivity index (χ3v) is 2.89. The number of rotatable bonds is 2. The highest BCUT2D eigenvalue weighted by Crippen LogP contribution is 2.27. The topological polar surface area (TPSA) is 51.0 Å². The summed E-state index contributed by atoms with van der Waals surface area (Å²) in [7, 11) is 3.19. The first kappa shape index (κ1) is 11.5. The third-order valence-electron chi connectivity index (χ3n) is 2.89. The Labute approximate surface area is 84.9 Å². The number of ether oxygens (including phenoxy) is 2. The molecule has 1 saturated carbocycles. The number of oxime groups is 1. The van der Waals surface area contributed by atoms with Gasteiger partial charge in [-0.25, -0.2) is 0 Å². The minimum Gasteiger partial charge on any atom is -0.411 e. The monoisotopic (exact) mass is 201 g/mol. The lowest BCUT2D eigenvalue weighted by molar-refractivity contribution is -0.161. The first-order valence-electron chi connectivity index (χ1n) is 5.11. The lowest BCUT2D eigenvalue weighted by Gasteiger charge is -2.32. The van der Waals surface area contributed by atoms with Gasteiger partial charge in [-0.2, -0.15) is 0 Å². The smallest absolute Gasteiger partial charge is 0.211 e. The average molecular weight is 201 g/mol. The summed E-state index contributed by atoms with van der Waals surface area (Å²) >= 11 is 0. The van der Waals surface area contributed by atoms with Crippen LogP contribution in [-0.4, -0.2) is 30.9 Å². The standard InChI is InChI=1S/C10H19NO3/c1-13-10(14-2)8-6-4-3-5-7-9(10)11-12/h12H,3-8H2,1-2H3/b11-9+. The second-order valence-electron chi connectivity index (χ2n) is 3.62. The van der Waals surface area contributed by atoms with E-state index in [-0.39, 0.29) is 0 Å². The van der Waals surface area contributed by atoms with E-state index in [0.717, 1.165) is 25.7 Å². The highest BCUT2D eigenvalue weighted by molar-refractivity contribution is 5.90. The highest BCUT2D eigenvalue weighted by atomic mass is 16.7. The summed E-state index contributed by atoms with van der Waals surface area (Å²) < 4.78 is 10.7. The maximum atomic E-state index is 8.93. The van der Waals surface area contributed by atoms with Gasteiger partial charge in [0.05, 0.1) is 0 Å². The molecule has 1 aliphatic carbocycles. The molecule has 82 valence electrons. The largest absolute Gasteiger partial charge is 0.411 e. The lowest BCUT2D eigenvalue weighted by atomic mass is 9.93. The van der Waals surface area contributed by atoms with Crippen molar-refractivity contribution in [2.45, 2.75) is 44.3 Å². The van der Waals surface area contributed by atoms with Gasteiger partial charge in [0.15, 0.2) is 0 Å². The number of hydrogen-bond donors (Lipinski definition) is 1. The number of nitrogens with zero attached hydrogens (tertiary/aromatic N) is 1. The van der Waals surface area contributed by atoms with Crippen molar-refractivity contribution < 1.29 is 14.7 Å². The van der Waals surface area contributed by atoms with E-state index in [2.05, 4.69) is 5.16 Å². The molecule has 0 aromatic rings. The van der Waals surface area contributed by atoms with E-state index in [0.29, 0.717) is 5.71 Å². The molecule has 1 fully saturated rings. The minimum atomic E-state index is -0.796. The van der Waals surface area contributed by atoms with E-state index in [9.17, 15) is 0 Å². The van der Waals surface area contributed by atoms with Crippen LogP contribution in [-0.2, 0) is 9.47 Å². The van der Waals surface area contributed by atoms with Gasteiger partial charge in [0.2, 0.25) is 5.79 Å². The molecule has 1 N–H and O–H groups in total. The van der Waals surface area contributed by atoms with Crippen molar-refractivity contribution in [1.29, 1.82) is 0 Å². The van der Waals surface area contributed by atoms with Gasteiger partial charge in [0.25, 0.3) is 0 Å². The lowest BCUT2D eigenvalue weighted by Crippen LogP contribution is -2.43. The average Bonchev–Trinajstić information content (AvgIpc) is 2.19. The Kier molecular flexibility index (Phi) is 4.35. The molecule has 1 rings (SSSR count). The molecule has 0 bridgehead atoms. The molecular weight excluding hydrogens is 182 g/mol. The molecule has 0 unspecified atom stereocenters. The molecule has 0 amide bonds. The van der Waals surface area contributed by atoms with Crippen molar-refractivity contribution in [1.82, 2.24) is 0 Å². The van der Waals surface area contributed by atoms with E-state index in [1.165, 1.54) is 12.8 Å². The first-order valence-corrected chi connectivity index (χ1v) is 5.11. The Hall–Kier alpha value is -0.610. The van der Waals surface area contributed by atoms with Crippen LogP contribution in [0.15, 0.2) is 5.16 Å². The second kappa shape index (κ2) is 5.32. The third kappa shape index (κ3) is 2.25. The maximum Gasteiger partial charge on any atom is 0.211 e. The summed E-state index contributed by atoms with van der Waals surface area (Å²) in [6, 6.07) is 0. The van der Waals surface area contributed by atoms with Gasteiger partial charge in [-0.3, -0.25) is 0 Å². The zero-order valence-corrected chi connectivity index (χ0v) is 8.95. The summed E-state index contributed by atoms with van der Waals surface area (Å²) in [4.78, 5) is 0. The van der Waals surface area contributed by atoms with Crippen LogP contribution in [0.3, 0.4) is 0 Å². The van der Waals surface area contributed by atoms with Crippen LogP contribution >= 0.6 is 0 Å². The Morgan fingerprint density at radius 2 is 1.79 bits per heavy atom. The van der Waals surface area contributed by atoms with Gasteiger partial charge < -0.3 is 14.7 Å². The Morgan fingerprint density at radius 1 is 1.14 bits per heavy atom. The van der Waals surface area contributed by atoms with E-state index in [1.54, 1.807) is 14.2 Å². The van der Waals surface area contributed by atoms with E-state index in [1.807, 2.05) is 0 Å². The summed E-state index contributed by atoms with van der Waals surface area (Å²) in [5.74, 6) is -0.796. The normalized spacial score (nSPS) is 25.7. The van der Waals surface area contributed by atoms with Crippen LogP contribution < -0.4 is 0 Å². The SMILES string of the molecule is COC1(OC)CCCCCC/C1=N\O. The van der Waals surface area contributed by atoms with Crippen molar-refractivity contribution >= 4 is 5.71 Å². The fourth-order valence-corrected chi connectivity index (χ4v) is 1.99. The summed E-state index contributed by atoms with van der Waals surface area (Å²) in [6.07, 6.45) is 5.96. The quantitative estimate of drug-likeness (QED) is 0.423. The predicted molar refractivity (Wildman–Crippen MR) is 53.7 cm³/mol. The molecular formula is C10H19NO3. The Bertz CT molecular complexity index is 200. The van der Waals surface area contributed by atoms with Crippen LogP contribution in [0.5, 0.6) is 0 Å². The first-order chi connectivity index (χ1) is 6.79. The molecule has 1 aliphatic rings. The van der Waals surface area contributed by atoms with Crippen LogP contribution in [0.25, 0.3) is 0 Å². The zero-order chi connectivity index (χ0) is 10.4. The fraction of sp³-hybridized carbons (Fsp3) is 0.900. The summed E-state index contributed by atoms with van der Waals surface area (Å²) in [6.45, 7) is 0. The molecule has 4 heteroatoms. The molecule has 0 aromatic carbocycles. The van der Waals surface area contributed by atoms with Crippen molar-refractivity contribution in [3.8, 4) is 0 Å². The van der Waals surface area contributed by atoms with Crippen LogP contribution in [0.2, 0.25) is 0 Å². The van der Waals surface area contributed by atoms with E-state index in [4.69, 9.17) is 14.7 Å². The second-order valence-corrected chi connectivity index (χ2v) is 3.62. The van der Waals surface area contributed by atoms with Gasteiger partial charge in [-0.1, -0.05) is 18.0 Å². The van der Waals surface area contributed by atoms with Crippen LogP contribution in [0.1, 0.15) is 38.5 Å². The molecule has 0 spiro atoms. The van der Waals surface area contributed by atoms with Gasteiger partial charge in [0.1, 0.15) is 5.71 Å². The molecule has 0 saturated heterocycles. The highest BCUT2D eigenvalue weighted by Gasteiger charge is 2.36. The van der Waals surface area contributed by atoms with Gasteiger partial charge in [-0.15, -0.1) is 0 Å². The van der Waals surface area contributed by atoms with Crippen molar-refractivity contribution in [2.75, 3.05) is 14.2 Å². The van der Waals surface area contributed by atoms with Crippen LogP contribution in [0.4, 0.5) is 0 Å². The number of methoxy groups -OCH3 is 2. The Balaban J connectivity index is 2.82. The summed E-state index contributed by atoms with van der Waals surface area (Å²) in [5.41, 5.74) is 0.613. The minimum absolute atomic E-state index is 0.613. The molecule has 0 aromatic heterocycles. The molecule has 0 heterocycles. The predicted octanol–water partition coefficient (Wildman–Crippen LogP) is 2.16. The Morgan fingerprint density at radius 3 is 2.36 bits per heavy atom. The van der Waals surface area contributed by atoms with E-state index < -0.39 is 5.79 Å². The molecule has 4 nitrogen and oxygen atoms in total. The van der Waals surface area contributed by atoms with Gasteiger partial charge in [-0.05, 0) is 19.3 Å². The van der Waals surface area contributed by atoms with Gasteiger partial charge in [0, 0.05) is 20.6 Å². The van der Waals surface area contributed by atoms with Crippen molar-refractivity contribution in [3.63, 3.8) is 0 Å². The fourth-order valence-electron chi connectivity index (χ4n) is 1.99. The molecule has 0 radical (unpaired) electrons. The number of hydrogen-bond acceptors (Lipinski definition) is 4. The van der Waals surface area contributed by atoms with Gasteiger partial charge >= 0.3 is 0 Å². The zero-order valence-electron chi connectivity index (χ0n) is 8.95. The molecule has 14 heavy (non-hydrogen) atoms. The van der Waals surface area contributed by atoms with Crippen LogP contribution in [0, 0.1) is 0 Å². The maximum absolute atomic E-state index is 8.93. The van der Waals surface area contributed by atoms with Crippen molar-refractivity contribution in [3.05, 3.63) is 0 Å². The summed E-state index contributed by atoms with van der Waals surface area (Å²) in [5, 5.41) is 12.2.